The van der Waals surface area contributed by atoms with Gasteiger partial charge in [-0.05, 0) is 6.92 Å². The molecule has 0 fully saturated rings. The number of ether oxygens (including phenoxy) is 1. The number of hydrogen-bond donors (Lipinski definition) is 4. The molecule has 9 heteroatoms. The van der Waals surface area contributed by atoms with Crippen molar-refractivity contribution in [1.82, 2.24) is 15.0 Å². The Bertz CT molecular complexity index is 413. The summed E-state index contributed by atoms with van der Waals surface area (Å²) in [5.74, 6) is -0.311. The van der Waals surface area contributed by atoms with Gasteiger partial charge >= 0.3 is 6.01 Å². The van der Waals surface area contributed by atoms with Crippen molar-refractivity contribution in [2.24, 2.45) is 5.73 Å². The van der Waals surface area contributed by atoms with Crippen LogP contribution < -0.4 is 21.1 Å². The number of amides is 1. The maximum Gasteiger partial charge on any atom is 0.322 e. The molecule has 18 heavy (non-hydrogen) atoms. The first-order valence-electron chi connectivity index (χ1n) is 5.32. The molecule has 5 N–H and O–H groups in total. The Hall–Kier alpha value is -2.16. The van der Waals surface area contributed by atoms with E-state index in [1.165, 1.54) is 7.11 Å². The van der Waals surface area contributed by atoms with Gasteiger partial charge in [0.25, 0.3) is 0 Å². The van der Waals surface area contributed by atoms with E-state index in [0.717, 1.165) is 0 Å². The maximum atomic E-state index is 10.7. The number of nitrogens with zero attached hydrogens (tertiary/aromatic N) is 3. The van der Waals surface area contributed by atoms with E-state index in [0.29, 0.717) is 12.5 Å². The molecular formula is C9H16N6O3. The molecule has 0 saturated carbocycles. The van der Waals surface area contributed by atoms with Crippen LogP contribution in [0, 0.1) is 0 Å². The Morgan fingerprint density at radius 1 is 1.39 bits per heavy atom. The highest BCUT2D eigenvalue weighted by molar-refractivity contribution is 5.79. The van der Waals surface area contributed by atoms with Gasteiger partial charge < -0.3 is 26.2 Å². The van der Waals surface area contributed by atoms with E-state index in [4.69, 9.17) is 10.5 Å². The van der Waals surface area contributed by atoms with Gasteiger partial charge in [-0.1, -0.05) is 0 Å². The average Bonchev–Trinajstić information content (AvgIpc) is 2.35. The molecule has 0 bridgehead atoms. The van der Waals surface area contributed by atoms with E-state index >= 15 is 0 Å². The molecule has 1 aromatic rings. The van der Waals surface area contributed by atoms with Gasteiger partial charge in [-0.15, -0.1) is 0 Å². The molecule has 9 nitrogen and oxygen atoms in total. The van der Waals surface area contributed by atoms with Crippen LogP contribution >= 0.6 is 0 Å². The second-order valence-corrected chi connectivity index (χ2v) is 3.30. The lowest BCUT2D eigenvalue weighted by atomic mass is 10.3. The van der Waals surface area contributed by atoms with Crippen molar-refractivity contribution in [3.8, 4) is 6.01 Å². The molecule has 1 rings (SSSR count). The summed E-state index contributed by atoms with van der Waals surface area (Å²) in [4.78, 5) is 22.5. The predicted molar refractivity (Wildman–Crippen MR) is 64.2 cm³/mol. The van der Waals surface area contributed by atoms with Crippen LogP contribution in [0.1, 0.15) is 6.92 Å². The zero-order valence-corrected chi connectivity index (χ0v) is 10.2. The molecule has 1 aromatic heterocycles. The Balaban J connectivity index is 2.74. The Labute approximate surface area is 104 Å². The second kappa shape index (κ2) is 6.55. The highest BCUT2D eigenvalue weighted by Crippen LogP contribution is 2.10. The lowest BCUT2D eigenvalue weighted by molar-refractivity contribution is -0.125. The third kappa shape index (κ3) is 4.01. The molecule has 1 unspecified atom stereocenters. The van der Waals surface area contributed by atoms with E-state index in [-0.39, 0.29) is 18.5 Å². The van der Waals surface area contributed by atoms with E-state index in [1.807, 2.05) is 6.92 Å². The number of nitrogens with two attached hydrogens (primary N) is 1. The normalized spacial score (nSPS) is 11.7. The summed E-state index contributed by atoms with van der Waals surface area (Å²) in [6.07, 6.45) is -1.31. The van der Waals surface area contributed by atoms with Crippen LogP contribution in [0.25, 0.3) is 0 Å². The minimum absolute atomic E-state index is 0.0892. The fourth-order valence-electron chi connectivity index (χ4n) is 1.05. The highest BCUT2D eigenvalue weighted by atomic mass is 16.5. The average molecular weight is 256 g/mol. The van der Waals surface area contributed by atoms with Crippen molar-refractivity contribution in [3.63, 3.8) is 0 Å². The fourth-order valence-corrected chi connectivity index (χ4v) is 1.05. The van der Waals surface area contributed by atoms with Crippen LogP contribution in [0.15, 0.2) is 0 Å². The number of carbonyl (C=O) groups is 1. The molecule has 1 atom stereocenters. The van der Waals surface area contributed by atoms with Gasteiger partial charge in [0.15, 0.2) is 0 Å². The van der Waals surface area contributed by atoms with Crippen molar-refractivity contribution in [1.29, 1.82) is 0 Å². The number of hydrogen-bond acceptors (Lipinski definition) is 8. The van der Waals surface area contributed by atoms with Gasteiger partial charge in [0, 0.05) is 6.54 Å². The van der Waals surface area contributed by atoms with Gasteiger partial charge in [-0.3, -0.25) is 4.79 Å². The maximum absolute atomic E-state index is 10.7. The third-order valence-corrected chi connectivity index (χ3v) is 1.91. The largest absolute Gasteiger partial charge is 0.467 e. The molecule has 0 aliphatic rings. The zero-order valence-electron chi connectivity index (χ0n) is 10.2. The van der Waals surface area contributed by atoms with Gasteiger partial charge in [-0.2, -0.15) is 15.0 Å². The molecular weight excluding hydrogens is 240 g/mol. The van der Waals surface area contributed by atoms with Crippen LogP contribution in [0.5, 0.6) is 6.01 Å². The quantitative estimate of drug-likeness (QED) is 0.466. The summed E-state index contributed by atoms with van der Waals surface area (Å²) in [7, 11) is 1.42. The summed E-state index contributed by atoms with van der Waals surface area (Å²) >= 11 is 0. The SMILES string of the molecule is CCNc1nc(NCC(O)C(N)=O)nc(OC)n1. The topological polar surface area (TPSA) is 135 Å². The number of methoxy groups -OCH3 is 1. The van der Waals surface area contributed by atoms with E-state index < -0.39 is 12.0 Å². The van der Waals surface area contributed by atoms with Gasteiger partial charge in [0.2, 0.25) is 17.8 Å². The molecule has 1 amide bonds. The molecule has 100 valence electrons. The second-order valence-electron chi connectivity index (χ2n) is 3.30. The first-order chi connectivity index (χ1) is 8.56. The van der Waals surface area contributed by atoms with Crippen LogP contribution in [0.4, 0.5) is 11.9 Å². The number of carbonyl (C=O) groups excluding carboxylic acids is 1. The minimum Gasteiger partial charge on any atom is -0.467 e. The standard InChI is InChI=1S/C9H16N6O3/c1-3-11-7-13-8(15-9(14-7)18-2)12-4-5(16)6(10)17/h5,16H,3-4H2,1-2H3,(H2,10,17)(H2,11,12,13,14,15). The Morgan fingerprint density at radius 3 is 2.50 bits per heavy atom. The number of rotatable bonds is 7. The van der Waals surface area contributed by atoms with Crippen molar-refractivity contribution in [2.45, 2.75) is 13.0 Å². The van der Waals surface area contributed by atoms with Crippen molar-refractivity contribution in [3.05, 3.63) is 0 Å². The summed E-state index contributed by atoms with van der Waals surface area (Å²) in [5.41, 5.74) is 4.91. The molecule has 1 heterocycles. The molecule has 0 saturated heterocycles. The van der Waals surface area contributed by atoms with Crippen LogP contribution in [-0.4, -0.2) is 52.3 Å². The number of anilines is 2. The minimum atomic E-state index is -1.31. The number of aliphatic hydroxyl groups is 1. The first kappa shape index (κ1) is 13.9. The zero-order chi connectivity index (χ0) is 13.5. The van der Waals surface area contributed by atoms with Gasteiger partial charge in [-0.25, -0.2) is 0 Å². The Kier molecular flexibility index (Phi) is 5.06. The van der Waals surface area contributed by atoms with Crippen LogP contribution in [-0.2, 0) is 4.79 Å². The molecule has 0 spiro atoms. The van der Waals surface area contributed by atoms with Crippen LogP contribution in [0.3, 0.4) is 0 Å². The van der Waals surface area contributed by atoms with Gasteiger partial charge in [0.1, 0.15) is 6.10 Å². The van der Waals surface area contributed by atoms with E-state index in [9.17, 15) is 9.90 Å². The monoisotopic (exact) mass is 256 g/mol. The van der Waals surface area contributed by atoms with E-state index in [2.05, 4.69) is 25.6 Å². The van der Waals surface area contributed by atoms with E-state index in [1.54, 1.807) is 0 Å². The molecule has 0 radical (unpaired) electrons. The predicted octanol–water partition coefficient (Wildman–Crippen LogP) is -1.43. The van der Waals surface area contributed by atoms with Gasteiger partial charge in [0.05, 0.1) is 13.7 Å². The molecule has 0 aromatic carbocycles. The number of nitrogens with one attached hydrogen (secondary N) is 2. The lowest BCUT2D eigenvalue weighted by Crippen LogP contribution is -2.34. The number of aromatic nitrogens is 3. The van der Waals surface area contributed by atoms with Crippen molar-refractivity contribution >= 4 is 17.8 Å². The summed E-state index contributed by atoms with van der Waals surface area (Å²) < 4.78 is 4.90. The smallest absolute Gasteiger partial charge is 0.322 e. The lowest BCUT2D eigenvalue weighted by Gasteiger charge is -2.10. The number of primary amides is 1. The molecule has 0 aliphatic heterocycles. The molecule has 0 aliphatic carbocycles. The van der Waals surface area contributed by atoms with Crippen molar-refractivity contribution < 1.29 is 14.6 Å². The summed E-state index contributed by atoms with van der Waals surface area (Å²) in [6.45, 7) is 2.44. The number of aliphatic hydroxyl groups excluding tert-OH is 1. The summed E-state index contributed by atoms with van der Waals surface area (Å²) in [5, 5.41) is 14.8. The first-order valence-corrected chi connectivity index (χ1v) is 5.32. The van der Waals surface area contributed by atoms with Crippen molar-refractivity contribution in [2.75, 3.05) is 30.8 Å². The fraction of sp³-hybridized carbons (Fsp3) is 0.556. The highest BCUT2D eigenvalue weighted by Gasteiger charge is 2.12. The van der Waals surface area contributed by atoms with Crippen LogP contribution in [0.2, 0.25) is 0 Å². The summed E-state index contributed by atoms with van der Waals surface area (Å²) in [6, 6.07) is 0.122. The Morgan fingerprint density at radius 2 is 2.00 bits per heavy atom. The third-order valence-electron chi connectivity index (χ3n) is 1.91.